The second-order valence-corrected chi connectivity index (χ2v) is 7.76. The second kappa shape index (κ2) is 12.8. The van der Waals surface area contributed by atoms with Crippen molar-refractivity contribution in [3.63, 3.8) is 0 Å². The van der Waals surface area contributed by atoms with E-state index in [1.807, 2.05) is 69.3 Å². The molecule has 1 aromatic heterocycles. The smallest absolute Gasteiger partial charge is 0.417 e. The summed E-state index contributed by atoms with van der Waals surface area (Å²) in [5.41, 5.74) is 3.25. The molecule has 0 spiro atoms. The molecule has 0 radical (unpaired) electrons. The average Bonchev–Trinajstić information content (AvgIpc) is 2.80. The van der Waals surface area contributed by atoms with Gasteiger partial charge in [-0.2, -0.15) is 13.2 Å². The van der Waals surface area contributed by atoms with Crippen LogP contribution >= 0.6 is 0 Å². The summed E-state index contributed by atoms with van der Waals surface area (Å²) in [6.07, 6.45) is 1.12. The van der Waals surface area contributed by atoms with Crippen LogP contribution in [0.2, 0.25) is 0 Å². The predicted molar refractivity (Wildman–Crippen MR) is 125 cm³/mol. The Kier molecular flexibility index (Phi) is 10.1. The number of pyridine rings is 1. The second-order valence-electron chi connectivity index (χ2n) is 7.76. The normalized spacial score (nSPS) is 11.0. The fraction of sp³-hybridized carbons (Fsp3) is 0.333. The van der Waals surface area contributed by atoms with E-state index in [4.69, 9.17) is 4.74 Å². The first kappa shape index (κ1) is 26.1. The molecule has 3 rings (SSSR count). The molecule has 0 amide bonds. The number of carbonyl (C=O) groups excluding carboxylic acids is 1. The van der Waals surface area contributed by atoms with Gasteiger partial charge in [-0.25, -0.2) is 4.98 Å². The van der Waals surface area contributed by atoms with Gasteiger partial charge in [-0.3, -0.25) is 4.79 Å². The Bertz CT molecular complexity index is 980. The third kappa shape index (κ3) is 8.37. The van der Waals surface area contributed by atoms with E-state index in [1.165, 1.54) is 6.07 Å². The standard InChI is InChI=1S/C14H12O.C13H18F3NO/c1-11-7-8-13(9-14(11)10-15)12-5-3-2-4-6-12;1-3-5-11(6-4-2)18-12-8-7-10(9-17-12)13(14,15)16/h2-10H,1H3;7-9,11H,3-6H2,1-2H3. The van der Waals surface area contributed by atoms with Crippen molar-refractivity contribution in [1.82, 2.24) is 4.98 Å². The van der Waals surface area contributed by atoms with Gasteiger partial charge in [-0.05, 0) is 48.6 Å². The Morgan fingerprint density at radius 2 is 1.61 bits per heavy atom. The summed E-state index contributed by atoms with van der Waals surface area (Å²) in [6.45, 7) is 6.04. The molecular weight excluding hydrogens is 427 g/mol. The molecule has 6 heteroatoms. The fourth-order valence-corrected chi connectivity index (χ4v) is 3.27. The highest BCUT2D eigenvalue weighted by atomic mass is 19.4. The topological polar surface area (TPSA) is 39.2 Å². The Hall–Kier alpha value is -3.15. The molecule has 176 valence electrons. The van der Waals surface area contributed by atoms with Crippen LogP contribution in [0.15, 0.2) is 66.9 Å². The van der Waals surface area contributed by atoms with Crippen molar-refractivity contribution in [2.24, 2.45) is 0 Å². The molecule has 1 heterocycles. The van der Waals surface area contributed by atoms with E-state index in [1.54, 1.807) is 0 Å². The predicted octanol–water partition coefficient (Wildman–Crippen LogP) is 7.92. The minimum Gasteiger partial charge on any atom is -0.474 e. The van der Waals surface area contributed by atoms with Crippen molar-refractivity contribution in [3.8, 4) is 17.0 Å². The summed E-state index contributed by atoms with van der Waals surface area (Å²) in [7, 11) is 0. The van der Waals surface area contributed by atoms with E-state index >= 15 is 0 Å². The van der Waals surface area contributed by atoms with Gasteiger partial charge in [-0.15, -0.1) is 0 Å². The number of aryl methyl sites for hydroxylation is 1. The highest BCUT2D eigenvalue weighted by molar-refractivity contribution is 5.81. The number of hydrogen-bond acceptors (Lipinski definition) is 3. The van der Waals surface area contributed by atoms with Crippen molar-refractivity contribution < 1.29 is 22.7 Å². The molecule has 0 aliphatic carbocycles. The van der Waals surface area contributed by atoms with Gasteiger partial charge in [0.1, 0.15) is 12.4 Å². The average molecular weight is 458 g/mol. The van der Waals surface area contributed by atoms with E-state index in [2.05, 4.69) is 4.98 Å². The maximum Gasteiger partial charge on any atom is 0.417 e. The molecule has 3 aromatic rings. The van der Waals surface area contributed by atoms with Crippen LogP contribution in [-0.4, -0.2) is 17.4 Å². The minimum atomic E-state index is -4.35. The maximum atomic E-state index is 12.3. The summed E-state index contributed by atoms with van der Waals surface area (Å²) >= 11 is 0. The summed E-state index contributed by atoms with van der Waals surface area (Å²) in [4.78, 5) is 14.5. The lowest BCUT2D eigenvalue weighted by Gasteiger charge is -2.17. The van der Waals surface area contributed by atoms with Gasteiger partial charge in [0, 0.05) is 17.8 Å². The van der Waals surface area contributed by atoms with E-state index in [0.717, 1.165) is 66.5 Å². The van der Waals surface area contributed by atoms with Gasteiger partial charge in [-0.1, -0.05) is 69.2 Å². The lowest BCUT2D eigenvalue weighted by molar-refractivity contribution is -0.137. The number of ether oxygens (including phenoxy) is 1. The van der Waals surface area contributed by atoms with Crippen molar-refractivity contribution >= 4 is 6.29 Å². The summed E-state index contributed by atoms with van der Waals surface area (Å²) in [6, 6.07) is 18.3. The zero-order valence-electron chi connectivity index (χ0n) is 19.2. The molecule has 33 heavy (non-hydrogen) atoms. The van der Waals surface area contributed by atoms with Gasteiger partial charge in [0.05, 0.1) is 5.56 Å². The molecule has 0 bridgehead atoms. The van der Waals surface area contributed by atoms with Crippen LogP contribution in [0.5, 0.6) is 5.88 Å². The molecule has 0 saturated carbocycles. The fourth-order valence-electron chi connectivity index (χ4n) is 3.27. The monoisotopic (exact) mass is 457 g/mol. The molecule has 0 aliphatic heterocycles. The van der Waals surface area contributed by atoms with Crippen LogP contribution in [0, 0.1) is 6.92 Å². The van der Waals surface area contributed by atoms with Crippen molar-refractivity contribution in [2.75, 3.05) is 0 Å². The number of aldehydes is 1. The molecule has 0 aliphatic rings. The molecule has 0 fully saturated rings. The Labute approximate surface area is 193 Å². The quantitative estimate of drug-likeness (QED) is 0.323. The highest BCUT2D eigenvalue weighted by Crippen LogP contribution is 2.29. The number of nitrogens with zero attached hydrogens (tertiary/aromatic N) is 1. The van der Waals surface area contributed by atoms with E-state index in [0.29, 0.717) is 0 Å². The van der Waals surface area contributed by atoms with Crippen LogP contribution in [-0.2, 0) is 6.18 Å². The minimum absolute atomic E-state index is 0.0317. The van der Waals surface area contributed by atoms with E-state index in [-0.39, 0.29) is 12.0 Å². The maximum absolute atomic E-state index is 12.3. The first-order valence-electron chi connectivity index (χ1n) is 11.1. The SMILES string of the molecule is CCCC(CCC)Oc1ccc(C(F)(F)F)cn1.Cc1ccc(-c2ccccc2)cc1C=O. The lowest BCUT2D eigenvalue weighted by Crippen LogP contribution is -2.16. The largest absolute Gasteiger partial charge is 0.474 e. The van der Waals surface area contributed by atoms with Gasteiger partial charge < -0.3 is 4.74 Å². The van der Waals surface area contributed by atoms with Crippen molar-refractivity contribution in [3.05, 3.63) is 83.6 Å². The first-order chi connectivity index (χ1) is 15.8. The third-order valence-corrected chi connectivity index (χ3v) is 5.09. The Morgan fingerprint density at radius 1 is 0.939 bits per heavy atom. The zero-order chi connectivity index (χ0) is 24.3. The number of rotatable bonds is 8. The molecule has 0 unspecified atom stereocenters. The van der Waals surface area contributed by atoms with Crippen molar-refractivity contribution in [2.45, 2.75) is 58.7 Å². The Morgan fingerprint density at radius 3 is 2.12 bits per heavy atom. The van der Waals surface area contributed by atoms with E-state index < -0.39 is 11.7 Å². The van der Waals surface area contributed by atoms with Crippen LogP contribution in [0.3, 0.4) is 0 Å². The number of alkyl halides is 3. The number of halogens is 3. The molecular formula is C27H30F3NO2. The molecule has 0 saturated heterocycles. The third-order valence-electron chi connectivity index (χ3n) is 5.09. The molecule has 2 aromatic carbocycles. The van der Waals surface area contributed by atoms with Crippen LogP contribution < -0.4 is 4.74 Å². The number of benzene rings is 2. The number of aromatic nitrogens is 1. The zero-order valence-corrected chi connectivity index (χ0v) is 19.2. The van der Waals surface area contributed by atoms with Crippen LogP contribution in [0.4, 0.5) is 13.2 Å². The first-order valence-corrected chi connectivity index (χ1v) is 11.1. The summed E-state index contributed by atoms with van der Waals surface area (Å²) in [5, 5.41) is 0. The van der Waals surface area contributed by atoms with Gasteiger partial charge >= 0.3 is 6.18 Å². The Balaban J connectivity index is 0.000000237. The summed E-state index contributed by atoms with van der Waals surface area (Å²) in [5.74, 6) is 0.259. The van der Waals surface area contributed by atoms with E-state index in [9.17, 15) is 18.0 Å². The number of hydrogen-bond donors (Lipinski definition) is 0. The van der Waals surface area contributed by atoms with Gasteiger partial charge in [0.25, 0.3) is 0 Å². The van der Waals surface area contributed by atoms with Gasteiger partial charge in [0.15, 0.2) is 0 Å². The van der Waals surface area contributed by atoms with Gasteiger partial charge in [0.2, 0.25) is 5.88 Å². The lowest BCUT2D eigenvalue weighted by atomic mass is 10.0. The molecule has 3 nitrogen and oxygen atoms in total. The molecule has 0 atom stereocenters. The molecule has 0 N–H and O–H groups in total. The highest BCUT2D eigenvalue weighted by Gasteiger charge is 2.30. The van der Waals surface area contributed by atoms with Crippen LogP contribution in [0.1, 0.15) is 61.0 Å². The van der Waals surface area contributed by atoms with Crippen molar-refractivity contribution in [1.29, 1.82) is 0 Å². The number of carbonyl (C=O) groups is 1. The summed E-state index contributed by atoms with van der Waals surface area (Å²) < 4.78 is 42.6. The van der Waals surface area contributed by atoms with Crippen LogP contribution in [0.25, 0.3) is 11.1 Å².